The van der Waals surface area contributed by atoms with Gasteiger partial charge in [-0.3, -0.25) is 57.5 Å². The number of ether oxygens (including phenoxy) is 1. The molecule has 1 atom stereocenters. The first kappa shape index (κ1) is 95.7. The average Bonchev–Trinajstić information content (AvgIpc) is 1.60. The van der Waals surface area contributed by atoms with Crippen LogP contribution in [0.2, 0.25) is 15.1 Å². The number of piperidine rings is 3. The number of carbonyl (C=O) groups excluding carboxylic acids is 3. The molecule has 1 unspecified atom stereocenters. The van der Waals surface area contributed by atoms with E-state index in [-0.39, 0.29) is 40.5 Å². The molecule has 3 saturated heterocycles. The van der Waals surface area contributed by atoms with E-state index in [2.05, 4.69) is 14.7 Å². The molecular formula is C98H103Cl3F6N14O9. The molecule has 0 radical (unpaired) electrons. The number of quaternary nitrogens is 1. The monoisotopic (exact) mass is 1840 g/mol. The predicted octanol–water partition coefficient (Wildman–Crippen LogP) is 15.7. The Labute approximate surface area is 764 Å². The molecular weight excluding hydrogens is 1740 g/mol. The average molecular weight is 1840 g/mol. The Morgan fingerprint density at radius 2 is 0.677 bits per heavy atom. The van der Waals surface area contributed by atoms with Gasteiger partial charge in [-0.2, -0.15) is 5.23 Å². The van der Waals surface area contributed by atoms with Gasteiger partial charge in [0.2, 0.25) is 0 Å². The highest BCUT2D eigenvalue weighted by Gasteiger charge is 2.36. The molecule has 6 heterocycles. The minimum Gasteiger partial charge on any atom is -0.595 e. The summed E-state index contributed by atoms with van der Waals surface area (Å²) in [7, 11) is 7.11. The standard InChI is InChI=1S/C33H34ClF2N5O2.C33H35ClF2N4O3.C32H34ClF2N5O4/c1-22-28(32(42)41(38(22)2)27-12-8-24(20-37)9-13-27)21-40(17-14-23-6-10-25(34)11-7-23)26-15-18-39(19-16-26)33(43)31-29(35)4-3-5-30(31)36;1-22-28(32(41)40(37(22)2)26-11-13-27(43-3)14-12-26)21-39(18-15-23-7-9-24(34)10-8-23)25-16-19-38(20-17-25)33(42)31-29(35)5-4-6-30(31)36;1-21-27(31(41)39(36(21)2)25-10-12-26(13-11-25)40(43)44)20-38(17-14-22-6-8-23(33)9-7-22)24-15-18-37(19-16-24)32(42)30-28(34)4-3-5-29(30)35/h3-13,20,26,37H,14-19,21H2,1-2H3;4-14,25H,15-21H2,1-3H3;3-13,24,40,43H,14-20H2,1-2H3. The van der Waals surface area contributed by atoms with Crippen LogP contribution in [0.3, 0.4) is 0 Å². The van der Waals surface area contributed by atoms with Gasteiger partial charge in [0.1, 0.15) is 57.3 Å². The number of aromatic nitrogens is 6. The second kappa shape index (κ2) is 43.2. The molecule has 0 spiro atoms. The lowest BCUT2D eigenvalue weighted by atomic mass is 10.00. The van der Waals surface area contributed by atoms with Crippen LogP contribution < -0.4 is 26.6 Å². The maximum atomic E-state index is 14.3. The van der Waals surface area contributed by atoms with Gasteiger partial charge in [0, 0.05) is 168 Å². The van der Waals surface area contributed by atoms with Crippen LogP contribution in [0.1, 0.15) is 126 Å². The molecule has 3 aliphatic heterocycles. The molecule has 3 amide bonds. The maximum Gasteiger partial charge on any atom is 0.276 e. The van der Waals surface area contributed by atoms with Crippen molar-refractivity contribution >= 4 is 64.4 Å². The summed E-state index contributed by atoms with van der Waals surface area (Å²) in [6.45, 7) is 11.0. The Balaban J connectivity index is 0.000000166. The summed E-state index contributed by atoms with van der Waals surface area (Å²) < 4.78 is 101. The fourth-order valence-electron chi connectivity index (χ4n) is 17.3. The molecule has 3 aliphatic rings. The summed E-state index contributed by atoms with van der Waals surface area (Å²) in [5.41, 5.74) is 8.70. The fourth-order valence-corrected chi connectivity index (χ4v) is 17.7. The van der Waals surface area contributed by atoms with Crippen molar-refractivity contribution in [1.82, 2.24) is 57.5 Å². The van der Waals surface area contributed by atoms with E-state index in [9.17, 15) is 65.5 Å². The summed E-state index contributed by atoms with van der Waals surface area (Å²) in [5.74, 6) is -6.43. The van der Waals surface area contributed by atoms with Gasteiger partial charge in [-0.05, 0) is 222 Å². The number of hydrogen-bond acceptors (Lipinski definition) is 13. The molecule has 3 N–H and O–H groups in total. The number of nitrogens with zero attached hydrogens (tertiary/aromatic N) is 12. The number of rotatable bonds is 27. The minimum absolute atomic E-state index is 0.0131. The van der Waals surface area contributed by atoms with Crippen LogP contribution in [0, 0.1) is 66.3 Å². The van der Waals surface area contributed by atoms with E-state index in [0.717, 1.165) is 94.3 Å². The van der Waals surface area contributed by atoms with Gasteiger partial charge in [0.25, 0.3) is 34.4 Å². The van der Waals surface area contributed by atoms with Crippen LogP contribution in [0.15, 0.2) is 215 Å². The number of halogens is 9. The molecule has 3 aromatic heterocycles. The molecule has 3 fully saturated rings. The summed E-state index contributed by atoms with van der Waals surface area (Å²) in [6, 6.07) is 54.2. The SMILES string of the molecule is COc1ccc(-n2c(=O)c(CN(CCc3ccc(Cl)cc3)C3CCN(C(=O)c4c(F)cccc4F)CC3)c(C)n2C)cc1.Cc1c(CN(CCc2ccc(Cl)cc2)C2CCN(C(=O)c3c(F)cccc3F)CC2)c(=O)n(-c2ccc(C=N)cc2)n1C.Cc1c(CN(CCc2ccc(Cl)cc2)C2CCN(C(=O)c3c(F)cccc3F)CC2)c(=O)n(-c2ccc([NH+]([O-])O)cc2)n1C. The van der Waals surface area contributed by atoms with E-state index in [1.54, 1.807) is 52.5 Å². The number of benzene rings is 9. The minimum atomic E-state index is -1.05. The lowest BCUT2D eigenvalue weighted by Crippen LogP contribution is -2.99. The summed E-state index contributed by atoms with van der Waals surface area (Å²) in [5, 5.41) is 29.0. The number of methoxy groups -OCH3 is 1. The molecule has 9 aromatic carbocycles. The zero-order valence-corrected chi connectivity index (χ0v) is 75.5. The number of amides is 3. The van der Waals surface area contributed by atoms with Crippen molar-refractivity contribution in [3.05, 3.63) is 359 Å². The molecule has 130 heavy (non-hydrogen) atoms. The first-order valence-corrected chi connectivity index (χ1v) is 44.1. The van der Waals surface area contributed by atoms with Crippen LogP contribution in [0.5, 0.6) is 5.75 Å². The Morgan fingerprint density at radius 3 is 0.923 bits per heavy atom. The van der Waals surface area contributed by atoms with Crippen molar-refractivity contribution in [3.63, 3.8) is 0 Å². The van der Waals surface area contributed by atoms with Gasteiger partial charge >= 0.3 is 0 Å². The highest BCUT2D eigenvalue weighted by atomic mass is 35.5. The van der Waals surface area contributed by atoms with E-state index in [4.69, 9.17) is 44.9 Å². The first-order valence-electron chi connectivity index (χ1n) is 43.0. The smallest absolute Gasteiger partial charge is 0.276 e. The summed E-state index contributed by atoms with van der Waals surface area (Å²) in [4.78, 5) is 91.7. The van der Waals surface area contributed by atoms with Gasteiger partial charge < -0.3 is 30.1 Å². The van der Waals surface area contributed by atoms with E-state index in [1.165, 1.54) is 55.9 Å². The number of nitrogens with one attached hydrogen (secondary N) is 2. The van der Waals surface area contributed by atoms with E-state index < -0.39 is 74.5 Å². The van der Waals surface area contributed by atoms with Crippen LogP contribution in [-0.4, -0.2) is 171 Å². The van der Waals surface area contributed by atoms with Crippen LogP contribution in [0.4, 0.5) is 32.0 Å². The van der Waals surface area contributed by atoms with Crippen molar-refractivity contribution in [2.24, 2.45) is 21.1 Å². The summed E-state index contributed by atoms with van der Waals surface area (Å²) >= 11 is 18.3. The zero-order chi connectivity index (χ0) is 92.9. The molecule has 15 rings (SSSR count). The second-order valence-electron chi connectivity index (χ2n) is 32.8. The van der Waals surface area contributed by atoms with Crippen LogP contribution >= 0.6 is 34.8 Å². The lowest BCUT2D eigenvalue weighted by molar-refractivity contribution is -0.991. The highest BCUT2D eigenvalue weighted by molar-refractivity contribution is 6.31. The molecule has 0 aliphatic carbocycles. The van der Waals surface area contributed by atoms with Gasteiger partial charge in [0.15, 0.2) is 5.69 Å². The van der Waals surface area contributed by atoms with E-state index in [0.29, 0.717) is 172 Å². The Kier molecular flexibility index (Phi) is 31.8. The maximum absolute atomic E-state index is 14.3. The molecule has 23 nitrogen and oxygen atoms in total. The number of hydrogen-bond donors (Lipinski definition) is 3. The third-order valence-corrected chi connectivity index (χ3v) is 26.0. The largest absolute Gasteiger partial charge is 0.595 e. The lowest BCUT2D eigenvalue weighted by Gasteiger charge is -2.38. The zero-order valence-electron chi connectivity index (χ0n) is 73.2. The number of likely N-dealkylation sites (tertiary alicyclic amines) is 3. The normalized spacial score (nSPS) is 14.2. The molecule has 0 bridgehead atoms. The first-order chi connectivity index (χ1) is 62.4. The van der Waals surface area contributed by atoms with Crippen molar-refractivity contribution in [2.75, 3.05) is 66.0 Å². The molecule has 682 valence electrons. The van der Waals surface area contributed by atoms with Crippen LogP contribution in [-0.2, 0) is 60.0 Å². The van der Waals surface area contributed by atoms with Gasteiger partial charge in [-0.15, -0.1) is 0 Å². The second-order valence-corrected chi connectivity index (χ2v) is 34.1. The molecule has 12 aromatic rings. The molecule has 0 saturated carbocycles. The van der Waals surface area contributed by atoms with Crippen molar-refractivity contribution < 1.29 is 55.9 Å². The van der Waals surface area contributed by atoms with Gasteiger partial charge in [0.05, 0.1) is 40.9 Å². The van der Waals surface area contributed by atoms with E-state index >= 15 is 0 Å². The van der Waals surface area contributed by atoms with Crippen LogP contribution in [0.25, 0.3) is 17.1 Å². The Bertz CT molecular complexity index is 6120. The Morgan fingerprint density at radius 1 is 0.423 bits per heavy atom. The van der Waals surface area contributed by atoms with Gasteiger partial charge in [-0.25, -0.2) is 45.6 Å². The quantitative estimate of drug-likeness (QED) is 0.0248. The third kappa shape index (κ3) is 22.2. The van der Waals surface area contributed by atoms with E-state index in [1.807, 2.05) is 153 Å². The van der Waals surface area contributed by atoms with Crippen molar-refractivity contribution in [2.45, 2.75) is 116 Å². The summed E-state index contributed by atoms with van der Waals surface area (Å²) in [6.07, 6.45) is 7.02. The highest BCUT2D eigenvalue weighted by Crippen LogP contribution is 2.31. The van der Waals surface area contributed by atoms with Crippen molar-refractivity contribution in [1.29, 1.82) is 5.41 Å². The number of carbonyl (C=O) groups is 3. The predicted molar refractivity (Wildman–Crippen MR) is 490 cm³/mol. The third-order valence-electron chi connectivity index (χ3n) is 25.2. The molecule has 32 heteroatoms. The fraction of sp³-hybridized carbons (Fsp3) is 0.316. The Hall–Kier alpha value is -11.9. The topological polar surface area (TPSA) is 232 Å². The van der Waals surface area contributed by atoms with Crippen molar-refractivity contribution in [3.8, 4) is 22.8 Å². The van der Waals surface area contributed by atoms with Gasteiger partial charge in [-0.1, -0.05) is 102 Å².